The second kappa shape index (κ2) is 6.37. The summed E-state index contributed by atoms with van der Waals surface area (Å²) in [5.41, 5.74) is 0.883. The quantitative estimate of drug-likeness (QED) is 0.469. The molecule has 1 heterocycles. The fraction of sp³-hybridized carbons (Fsp3) is 0.643. The maximum atomic E-state index is 11.3. The van der Waals surface area contributed by atoms with Crippen LogP contribution >= 0.6 is 11.8 Å². The Kier molecular flexibility index (Phi) is 4.80. The maximum Gasteiger partial charge on any atom is 0.340 e. The van der Waals surface area contributed by atoms with E-state index in [9.17, 15) is 9.90 Å². The number of carbonyl (C=O) groups is 1. The van der Waals surface area contributed by atoms with Gasteiger partial charge >= 0.3 is 5.97 Å². The number of hydrogen-bond donors (Lipinski definition) is 1. The van der Waals surface area contributed by atoms with Crippen LogP contribution in [0.1, 0.15) is 66.8 Å². The number of hydrogen-bond acceptors (Lipinski definition) is 4. The molecule has 1 aromatic heterocycles. The van der Waals surface area contributed by atoms with Crippen LogP contribution < -0.4 is 0 Å². The van der Waals surface area contributed by atoms with Crippen molar-refractivity contribution in [1.29, 1.82) is 0 Å². The number of aryl methyl sites for hydroxylation is 1. The lowest BCUT2D eigenvalue weighted by molar-refractivity contribution is 0.0690. The molecule has 1 fully saturated rings. The summed E-state index contributed by atoms with van der Waals surface area (Å²) in [5.74, 6) is 1.30. The van der Waals surface area contributed by atoms with E-state index in [-0.39, 0.29) is 5.56 Å². The molecule has 0 atom stereocenters. The normalized spacial score (nSPS) is 14.6. The molecular weight excluding hydrogens is 260 g/mol. The van der Waals surface area contributed by atoms with Crippen molar-refractivity contribution in [3.05, 3.63) is 17.1 Å². The molecule has 2 rings (SSSR count). The smallest absolute Gasteiger partial charge is 0.340 e. The summed E-state index contributed by atoms with van der Waals surface area (Å²) in [6, 6.07) is 0. The second-order valence-electron chi connectivity index (χ2n) is 4.98. The number of aromatic carboxylic acids is 1. The van der Waals surface area contributed by atoms with Gasteiger partial charge in [-0.15, -0.1) is 11.8 Å². The highest BCUT2D eigenvalue weighted by molar-refractivity contribution is 7.99. The van der Waals surface area contributed by atoms with Gasteiger partial charge in [-0.2, -0.15) is 0 Å². The minimum Gasteiger partial charge on any atom is -0.478 e. The standard InChI is InChI=1S/C14H20N2O2S/c1-3-4-5-8-19-13-11(14(17)18)9(2)15-12(16-13)10-6-7-10/h10H,3-8H2,1-2H3,(H,17,18). The number of nitrogens with zero attached hydrogens (tertiary/aromatic N) is 2. The van der Waals surface area contributed by atoms with Gasteiger partial charge in [0.25, 0.3) is 0 Å². The Morgan fingerprint density at radius 1 is 1.37 bits per heavy atom. The molecule has 0 aliphatic heterocycles. The lowest BCUT2D eigenvalue weighted by atomic mass is 10.2. The van der Waals surface area contributed by atoms with Gasteiger partial charge in [-0.1, -0.05) is 19.8 Å². The van der Waals surface area contributed by atoms with Gasteiger partial charge in [0.1, 0.15) is 16.4 Å². The molecule has 0 amide bonds. The molecule has 0 saturated heterocycles. The molecular formula is C14H20N2O2S. The Labute approximate surface area is 118 Å². The summed E-state index contributed by atoms with van der Waals surface area (Å²) in [4.78, 5) is 20.2. The molecule has 0 aromatic carbocycles. The minimum atomic E-state index is -0.919. The third-order valence-corrected chi connectivity index (χ3v) is 4.28. The number of carboxylic acids is 1. The second-order valence-corrected chi connectivity index (χ2v) is 6.07. The Balaban J connectivity index is 2.18. The van der Waals surface area contributed by atoms with Crippen LogP contribution in [0, 0.1) is 6.92 Å². The van der Waals surface area contributed by atoms with E-state index in [1.54, 1.807) is 18.7 Å². The molecule has 1 aliphatic carbocycles. The van der Waals surface area contributed by atoms with Crippen LogP contribution in [0.2, 0.25) is 0 Å². The van der Waals surface area contributed by atoms with Gasteiger partial charge in [-0.25, -0.2) is 14.8 Å². The number of rotatable bonds is 7. The first-order valence-corrected chi connectivity index (χ1v) is 7.86. The average molecular weight is 280 g/mol. The van der Waals surface area contributed by atoms with E-state index < -0.39 is 5.97 Å². The van der Waals surface area contributed by atoms with Crippen LogP contribution in [0.25, 0.3) is 0 Å². The van der Waals surface area contributed by atoms with E-state index in [1.807, 2.05) is 0 Å². The Bertz CT molecular complexity index is 473. The summed E-state index contributed by atoms with van der Waals surface area (Å²) < 4.78 is 0. The fourth-order valence-electron chi connectivity index (χ4n) is 1.96. The van der Waals surface area contributed by atoms with Gasteiger partial charge in [-0.3, -0.25) is 0 Å². The summed E-state index contributed by atoms with van der Waals surface area (Å²) >= 11 is 1.56. The first kappa shape index (κ1) is 14.3. The van der Waals surface area contributed by atoms with Crippen molar-refractivity contribution in [2.24, 2.45) is 0 Å². The van der Waals surface area contributed by atoms with Gasteiger partial charge in [0.15, 0.2) is 0 Å². The number of aromatic nitrogens is 2. The molecule has 0 radical (unpaired) electrons. The van der Waals surface area contributed by atoms with Gasteiger partial charge in [0, 0.05) is 5.92 Å². The van der Waals surface area contributed by atoms with E-state index >= 15 is 0 Å². The van der Waals surface area contributed by atoms with Gasteiger partial charge in [0.05, 0.1) is 5.69 Å². The predicted molar refractivity (Wildman–Crippen MR) is 76.0 cm³/mol. The summed E-state index contributed by atoms with van der Waals surface area (Å²) in [7, 11) is 0. The zero-order chi connectivity index (χ0) is 13.8. The first-order valence-electron chi connectivity index (χ1n) is 6.88. The molecule has 1 N–H and O–H groups in total. The van der Waals surface area contributed by atoms with E-state index in [4.69, 9.17) is 0 Å². The molecule has 0 bridgehead atoms. The van der Waals surface area contributed by atoms with E-state index in [0.717, 1.165) is 30.8 Å². The van der Waals surface area contributed by atoms with Crippen molar-refractivity contribution >= 4 is 17.7 Å². The molecule has 104 valence electrons. The van der Waals surface area contributed by atoms with Crippen LogP contribution in [0.15, 0.2) is 5.03 Å². The zero-order valence-corrected chi connectivity index (χ0v) is 12.3. The van der Waals surface area contributed by atoms with Crippen LogP contribution in [0.3, 0.4) is 0 Å². The predicted octanol–water partition coefficient (Wildman–Crippen LogP) is 3.64. The van der Waals surface area contributed by atoms with Crippen molar-refractivity contribution in [2.75, 3.05) is 5.75 Å². The SMILES string of the molecule is CCCCCSc1nc(C2CC2)nc(C)c1C(=O)O. The van der Waals surface area contributed by atoms with E-state index in [1.165, 1.54) is 12.8 Å². The molecule has 1 aromatic rings. The third kappa shape index (κ3) is 3.69. The molecule has 0 unspecified atom stereocenters. The minimum absolute atomic E-state index is 0.283. The van der Waals surface area contributed by atoms with E-state index in [0.29, 0.717) is 16.6 Å². The average Bonchev–Trinajstić information content (AvgIpc) is 3.17. The molecule has 5 heteroatoms. The molecule has 0 spiro atoms. The number of thioether (sulfide) groups is 1. The van der Waals surface area contributed by atoms with Gasteiger partial charge < -0.3 is 5.11 Å². The molecule has 19 heavy (non-hydrogen) atoms. The largest absolute Gasteiger partial charge is 0.478 e. The van der Waals surface area contributed by atoms with Crippen molar-refractivity contribution in [3.63, 3.8) is 0 Å². The summed E-state index contributed by atoms with van der Waals surface area (Å²) in [6.45, 7) is 3.93. The van der Waals surface area contributed by atoms with Crippen molar-refractivity contribution in [1.82, 2.24) is 9.97 Å². The monoisotopic (exact) mass is 280 g/mol. The van der Waals surface area contributed by atoms with Crippen LogP contribution in [0.4, 0.5) is 0 Å². The highest BCUT2D eigenvalue weighted by Gasteiger charge is 2.29. The van der Waals surface area contributed by atoms with Gasteiger partial charge in [-0.05, 0) is 31.9 Å². The lowest BCUT2D eigenvalue weighted by Gasteiger charge is -2.09. The number of unbranched alkanes of at least 4 members (excludes halogenated alkanes) is 2. The highest BCUT2D eigenvalue weighted by Crippen LogP contribution is 2.39. The van der Waals surface area contributed by atoms with Crippen LogP contribution in [0.5, 0.6) is 0 Å². The molecule has 4 nitrogen and oxygen atoms in total. The number of carboxylic acid groups (broad SMARTS) is 1. The van der Waals surface area contributed by atoms with Crippen molar-refractivity contribution in [3.8, 4) is 0 Å². The fourth-order valence-corrected chi connectivity index (χ4v) is 3.04. The maximum absolute atomic E-state index is 11.3. The zero-order valence-electron chi connectivity index (χ0n) is 11.5. The summed E-state index contributed by atoms with van der Waals surface area (Å²) in [5, 5.41) is 9.95. The Morgan fingerprint density at radius 2 is 2.11 bits per heavy atom. The summed E-state index contributed by atoms with van der Waals surface area (Å²) in [6.07, 6.45) is 5.71. The van der Waals surface area contributed by atoms with Crippen LogP contribution in [-0.2, 0) is 0 Å². The lowest BCUT2D eigenvalue weighted by Crippen LogP contribution is -2.09. The first-order chi connectivity index (χ1) is 9.13. The van der Waals surface area contributed by atoms with Gasteiger partial charge in [0.2, 0.25) is 0 Å². The molecule has 1 saturated carbocycles. The Morgan fingerprint density at radius 3 is 2.68 bits per heavy atom. The van der Waals surface area contributed by atoms with Crippen molar-refractivity contribution in [2.45, 2.75) is 56.9 Å². The van der Waals surface area contributed by atoms with E-state index in [2.05, 4.69) is 16.9 Å². The molecule has 1 aliphatic rings. The third-order valence-electron chi connectivity index (χ3n) is 3.22. The highest BCUT2D eigenvalue weighted by atomic mass is 32.2. The van der Waals surface area contributed by atoms with Crippen molar-refractivity contribution < 1.29 is 9.90 Å². The van der Waals surface area contributed by atoms with Crippen LogP contribution in [-0.4, -0.2) is 26.8 Å². The topological polar surface area (TPSA) is 63.1 Å². The Hall–Kier alpha value is -1.10.